The third kappa shape index (κ3) is 2.48. The smallest absolute Gasteiger partial charge is 0.269 e. The van der Waals surface area contributed by atoms with Gasteiger partial charge in [-0.15, -0.1) is 0 Å². The fraction of sp³-hybridized carbons (Fsp3) is 0.133. The zero-order valence-corrected chi connectivity index (χ0v) is 12.0. The molecule has 0 aromatic heterocycles. The lowest BCUT2D eigenvalue weighted by Crippen LogP contribution is -2.18. The van der Waals surface area contributed by atoms with Crippen LogP contribution in [0.1, 0.15) is 22.9 Å². The van der Waals surface area contributed by atoms with E-state index < -0.39 is 4.92 Å². The average molecular weight is 302 g/mol. The normalized spacial score (nSPS) is 16.7. The molecule has 1 aliphatic heterocycles. The quantitative estimate of drug-likeness (QED) is 0.673. The van der Waals surface area contributed by atoms with E-state index >= 15 is 0 Å². The number of nitro benzene ring substituents is 1. The highest BCUT2D eigenvalue weighted by atomic mass is 35.5. The molecule has 1 N–H and O–H groups in total. The van der Waals surface area contributed by atoms with E-state index in [1.54, 1.807) is 12.1 Å². The molecule has 6 heteroatoms. The summed E-state index contributed by atoms with van der Waals surface area (Å²) in [6.07, 6.45) is -0.340. The maximum absolute atomic E-state index is 10.8. The number of aliphatic imine (C=N–C) groups is 1. The second-order valence-corrected chi connectivity index (χ2v) is 5.17. The van der Waals surface area contributed by atoms with Crippen LogP contribution in [-0.4, -0.2) is 10.1 Å². The Morgan fingerprint density at radius 3 is 2.76 bits per heavy atom. The molecule has 1 atom stereocenters. The van der Waals surface area contributed by atoms with Gasteiger partial charge >= 0.3 is 0 Å². The first-order valence-corrected chi connectivity index (χ1v) is 6.78. The summed E-state index contributed by atoms with van der Waals surface area (Å²) in [5, 5.41) is 14.5. The van der Waals surface area contributed by atoms with Crippen molar-refractivity contribution >= 4 is 28.1 Å². The van der Waals surface area contributed by atoms with Gasteiger partial charge in [0, 0.05) is 23.4 Å². The largest absolute Gasteiger partial charge is 0.359 e. The first-order valence-electron chi connectivity index (χ1n) is 6.40. The molecule has 1 heterocycles. The molecule has 0 amide bonds. The molecule has 106 valence electrons. The van der Waals surface area contributed by atoms with Gasteiger partial charge in [-0.2, -0.15) is 0 Å². The number of aryl methyl sites for hydroxylation is 1. The third-order valence-corrected chi connectivity index (χ3v) is 3.74. The first kappa shape index (κ1) is 13.6. The maximum Gasteiger partial charge on any atom is 0.269 e. The summed E-state index contributed by atoms with van der Waals surface area (Å²) >= 11 is 6.23. The van der Waals surface area contributed by atoms with Crippen molar-refractivity contribution in [3.63, 3.8) is 0 Å². The van der Waals surface area contributed by atoms with E-state index in [1.807, 2.05) is 31.2 Å². The highest BCUT2D eigenvalue weighted by Gasteiger charge is 2.22. The predicted molar refractivity (Wildman–Crippen MR) is 83.0 cm³/mol. The van der Waals surface area contributed by atoms with E-state index in [0.29, 0.717) is 5.17 Å². The summed E-state index contributed by atoms with van der Waals surface area (Å²) in [4.78, 5) is 14.8. The van der Waals surface area contributed by atoms with Crippen LogP contribution in [-0.2, 0) is 0 Å². The van der Waals surface area contributed by atoms with Crippen LogP contribution < -0.4 is 5.32 Å². The molecule has 1 unspecified atom stereocenters. The van der Waals surface area contributed by atoms with Gasteiger partial charge in [0.1, 0.15) is 11.3 Å². The molecule has 2 aromatic rings. The van der Waals surface area contributed by atoms with Crippen molar-refractivity contribution < 1.29 is 4.92 Å². The summed E-state index contributed by atoms with van der Waals surface area (Å²) in [6, 6.07) is 12.4. The number of nitrogens with zero attached hydrogens (tertiary/aromatic N) is 2. The Balaban J connectivity index is 2.00. The highest BCUT2D eigenvalue weighted by molar-refractivity contribution is 6.70. The molecule has 0 spiro atoms. The third-order valence-electron chi connectivity index (χ3n) is 3.44. The van der Waals surface area contributed by atoms with Crippen molar-refractivity contribution in [2.24, 2.45) is 4.99 Å². The molecule has 2 aromatic carbocycles. The van der Waals surface area contributed by atoms with E-state index in [-0.39, 0.29) is 11.9 Å². The summed E-state index contributed by atoms with van der Waals surface area (Å²) in [5.41, 5.74) is 3.50. The number of rotatable bonds is 2. The summed E-state index contributed by atoms with van der Waals surface area (Å²) in [5.74, 6) is 0. The molecule has 3 rings (SSSR count). The van der Waals surface area contributed by atoms with Gasteiger partial charge in [0.15, 0.2) is 0 Å². The monoisotopic (exact) mass is 301 g/mol. The number of nitrogens with one attached hydrogen (secondary N) is 1. The van der Waals surface area contributed by atoms with E-state index in [2.05, 4.69) is 10.3 Å². The van der Waals surface area contributed by atoms with Gasteiger partial charge in [0.2, 0.25) is 0 Å². The SMILES string of the molecule is Cc1cc([N+](=O)[O-])ccc1C1N=C(Cl)c2ccccc2N1. The fourth-order valence-corrected chi connectivity index (χ4v) is 2.64. The molecule has 0 fully saturated rings. The van der Waals surface area contributed by atoms with Crippen LogP contribution in [0.3, 0.4) is 0 Å². The van der Waals surface area contributed by atoms with Crippen molar-refractivity contribution in [1.29, 1.82) is 0 Å². The zero-order valence-electron chi connectivity index (χ0n) is 11.2. The Labute approximate surface area is 126 Å². The maximum atomic E-state index is 10.8. The summed E-state index contributed by atoms with van der Waals surface area (Å²) < 4.78 is 0. The van der Waals surface area contributed by atoms with E-state index in [0.717, 1.165) is 22.4 Å². The number of hydrogen-bond donors (Lipinski definition) is 1. The zero-order chi connectivity index (χ0) is 15.0. The number of anilines is 1. The van der Waals surface area contributed by atoms with Crippen molar-refractivity contribution in [2.75, 3.05) is 5.32 Å². The minimum absolute atomic E-state index is 0.0718. The number of non-ortho nitro benzene ring substituents is 1. The van der Waals surface area contributed by atoms with E-state index in [9.17, 15) is 10.1 Å². The molecular formula is C15H12ClN3O2. The van der Waals surface area contributed by atoms with Crippen LogP contribution in [0.15, 0.2) is 47.5 Å². The molecule has 21 heavy (non-hydrogen) atoms. The number of nitro groups is 1. The minimum Gasteiger partial charge on any atom is -0.359 e. The molecule has 0 saturated carbocycles. The van der Waals surface area contributed by atoms with E-state index in [1.165, 1.54) is 6.07 Å². The molecule has 0 radical (unpaired) electrons. The Hall–Kier alpha value is -2.40. The van der Waals surface area contributed by atoms with Crippen LogP contribution in [0, 0.1) is 17.0 Å². The van der Waals surface area contributed by atoms with Gasteiger partial charge in [-0.05, 0) is 36.2 Å². The Morgan fingerprint density at radius 2 is 2.05 bits per heavy atom. The van der Waals surface area contributed by atoms with Gasteiger partial charge in [-0.25, -0.2) is 4.99 Å². The summed E-state index contributed by atoms with van der Waals surface area (Å²) in [7, 11) is 0. The molecule has 0 saturated heterocycles. The average Bonchev–Trinajstić information content (AvgIpc) is 2.47. The number of fused-ring (bicyclic) bond motifs is 1. The Morgan fingerprint density at radius 1 is 1.29 bits per heavy atom. The predicted octanol–water partition coefficient (Wildman–Crippen LogP) is 4.01. The standard InChI is InChI=1S/C15H12ClN3O2/c1-9-8-10(19(20)21)6-7-11(9)15-17-13-5-3-2-4-12(13)14(16)18-15/h2-8,15,17H,1H3. The second kappa shape index (κ2) is 5.18. The molecule has 5 nitrogen and oxygen atoms in total. The van der Waals surface area contributed by atoms with Gasteiger partial charge in [0.05, 0.1) is 4.92 Å². The highest BCUT2D eigenvalue weighted by Crippen LogP contribution is 2.33. The van der Waals surface area contributed by atoms with Crippen LogP contribution in [0.25, 0.3) is 0 Å². The molecular weight excluding hydrogens is 290 g/mol. The molecule has 1 aliphatic rings. The van der Waals surface area contributed by atoms with Crippen molar-refractivity contribution in [3.05, 3.63) is 69.3 Å². The van der Waals surface area contributed by atoms with Crippen LogP contribution in [0.5, 0.6) is 0 Å². The number of halogens is 1. The van der Waals surface area contributed by atoms with Crippen LogP contribution >= 0.6 is 11.6 Å². The molecule has 0 aliphatic carbocycles. The minimum atomic E-state index is -0.406. The lowest BCUT2D eigenvalue weighted by atomic mass is 10.0. The van der Waals surface area contributed by atoms with Crippen LogP contribution in [0.4, 0.5) is 11.4 Å². The van der Waals surface area contributed by atoms with Gasteiger partial charge < -0.3 is 5.32 Å². The Bertz CT molecular complexity index is 758. The first-order chi connectivity index (χ1) is 10.1. The van der Waals surface area contributed by atoms with Gasteiger partial charge in [-0.1, -0.05) is 23.7 Å². The van der Waals surface area contributed by atoms with E-state index in [4.69, 9.17) is 11.6 Å². The van der Waals surface area contributed by atoms with Crippen LogP contribution in [0.2, 0.25) is 0 Å². The number of hydrogen-bond acceptors (Lipinski definition) is 4. The van der Waals surface area contributed by atoms with Gasteiger partial charge in [0.25, 0.3) is 5.69 Å². The van der Waals surface area contributed by atoms with Gasteiger partial charge in [-0.3, -0.25) is 10.1 Å². The van der Waals surface area contributed by atoms with Crippen molar-refractivity contribution in [3.8, 4) is 0 Å². The van der Waals surface area contributed by atoms with Crippen molar-refractivity contribution in [1.82, 2.24) is 0 Å². The summed E-state index contributed by atoms with van der Waals surface area (Å²) in [6.45, 7) is 1.83. The number of para-hydroxylation sites is 1. The lowest BCUT2D eigenvalue weighted by Gasteiger charge is -2.24. The second-order valence-electron chi connectivity index (χ2n) is 4.81. The Kier molecular flexibility index (Phi) is 3.35. The lowest BCUT2D eigenvalue weighted by molar-refractivity contribution is -0.384. The number of benzene rings is 2. The topological polar surface area (TPSA) is 67.5 Å². The molecule has 0 bridgehead atoms. The van der Waals surface area contributed by atoms with Crippen molar-refractivity contribution in [2.45, 2.75) is 13.1 Å². The fourth-order valence-electron chi connectivity index (χ4n) is 2.38.